The van der Waals surface area contributed by atoms with E-state index in [0.717, 1.165) is 17.1 Å². The highest BCUT2D eigenvalue weighted by Gasteiger charge is 2.23. The molecular weight excluding hydrogens is 513 g/mol. The fourth-order valence-electron chi connectivity index (χ4n) is 5.48. The summed E-state index contributed by atoms with van der Waals surface area (Å²) in [6.45, 7) is 6.66. The standard InChI is InChI=1S/C33H32NO.BF3.FH/c1-23-7-12-26(13-8-23)30-21-31(35-32(22-30)27-14-9-24(2)10-15-27)16-11-25-19-28-5-3-17-34-18-4-6-29(20-25)33(28)34;2-1(3)4;/h7-16,19-22H,3-6,17-18H2,1-2H3;;1H/q+1;;/p-1. The molecule has 0 N–H and O–H groups in total. The largest absolute Gasteiger partial charge is 1.00 e. The molecule has 6 rings (SSSR count). The molecule has 0 fully saturated rings. The Balaban J connectivity index is 0.000000695. The molecule has 0 amide bonds. The summed E-state index contributed by atoms with van der Waals surface area (Å²) in [7, 11) is -3.67. The molecule has 3 heterocycles. The van der Waals surface area contributed by atoms with Crippen molar-refractivity contribution in [3.05, 3.63) is 129 Å². The maximum atomic E-state index is 9.67. The zero-order chi connectivity index (χ0) is 27.4. The van der Waals surface area contributed by atoms with Crippen molar-refractivity contribution in [3.63, 3.8) is 0 Å². The quantitative estimate of drug-likeness (QED) is 0.280. The van der Waals surface area contributed by atoms with Gasteiger partial charge < -0.3 is 9.44 Å². The van der Waals surface area contributed by atoms with Crippen LogP contribution in [0.4, 0.5) is 12.9 Å². The van der Waals surface area contributed by atoms with Crippen LogP contribution in [0.3, 0.4) is 0 Å². The first kappa shape index (κ1) is 29.1. The number of nitrogens with zero attached hydrogens (tertiary/aromatic N) is 1. The molecule has 0 spiro atoms. The highest BCUT2D eigenvalue weighted by Crippen LogP contribution is 2.32. The average Bonchev–Trinajstić information content (AvgIpc) is 2.93. The summed E-state index contributed by atoms with van der Waals surface area (Å²) in [6.07, 6.45) is 13.6. The molecule has 206 valence electrons. The Bertz CT molecular complexity index is 1530. The summed E-state index contributed by atoms with van der Waals surface area (Å²) in [6, 6.07) is 22.1. The van der Waals surface area contributed by atoms with Crippen molar-refractivity contribution in [1.29, 1.82) is 0 Å². The van der Waals surface area contributed by atoms with Crippen LogP contribution in [0.5, 0.6) is 0 Å². The number of hydrogen-bond acceptors (Lipinski definition) is 1. The molecule has 3 aliphatic rings. The zero-order valence-electron chi connectivity index (χ0n) is 22.8. The predicted molar refractivity (Wildman–Crippen MR) is 154 cm³/mol. The zero-order valence-corrected chi connectivity index (χ0v) is 22.8. The second-order valence-electron chi connectivity index (χ2n) is 10.3. The Morgan fingerprint density at radius 1 is 0.750 bits per heavy atom. The van der Waals surface area contributed by atoms with Crippen LogP contribution >= 0.6 is 0 Å². The summed E-state index contributed by atoms with van der Waals surface area (Å²) >= 11 is 0. The van der Waals surface area contributed by atoms with Gasteiger partial charge >= 0.3 is 7.54 Å². The van der Waals surface area contributed by atoms with Gasteiger partial charge in [-0.1, -0.05) is 65.7 Å². The predicted octanol–water partition coefficient (Wildman–Crippen LogP) is 3.39. The molecule has 0 aromatic heterocycles. The van der Waals surface area contributed by atoms with Gasteiger partial charge in [0.25, 0.3) is 0 Å². The van der Waals surface area contributed by atoms with Crippen molar-refractivity contribution in [3.8, 4) is 0 Å². The van der Waals surface area contributed by atoms with Gasteiger partial charge in [0.15, 0.2) is 0 Å². The van der Waals surface area contributed by atoms with Gasteiger partial charge in [-0.2, -0.15) is 0 Å². The van der Waals surface area contributed by atoms with Gasteiger partial charge in [-0.3, -0.25) is 12.9 Å². The average molecular weight is 545 g/mol. The van der Waals surface area contributed by atoms with Crippen LogP contribution in [-0.2, 0) is 17.6 Å². The van der Waals surface area contributed by atoms with E-state index < -0.39 is 7.54 Å². The molecule has 7 heteroatoms. The molecule has 0 radical (unpaired) electrons. The lowest BCUT2D eigenvalue weighted by Gasteiger charge is -2.19. The van der Waals surface area contributed by atoms with Crippen LogP contribution in [0.1, 0.15) is 46.2 Å². The van der Waals surface area contributed by atoms with E-state index in [9.17, 15) is 12.9 Å². The first-order chi connectivity index (χ1) is 18.9. The van der Waals surface area contributed by atoms with E-state index in [-0.39, 0.29) is 4.70 Å². The summed E-state index contributed by atoms with van der Waals surface area (Å²) in [5.41, 5.74) is 9.01. The third kappa shape index (κ3) is 7.01. The Labute approximate surface area is 233 Å². The van der Waals surface area contributed by atoms with E-state index >= 15 is 0 Å². The topological polar surface area (TPSA) is 12.2 Å². The highest BCUT2D eigenvalue weighted by molar-refractivity contribution is 6.33. The second kappa shape index (κ2) is 13.0. The number of rotatable bonds is 3. The molecule has 0 unspecified atom stereocenters. The summed E-state index contributed by atoms with van der Waals surface area (Å²) in [5, 5.41) is 2.79. The van der Waals surface area contributed by atoms with Crippen LogP contribution in [0, 0.1) is 13.8 Å². The van der Waals surface area contributed by atoms with Gasteiger partial charge in [0, 0.05) is 29.5 Å². The van der Waals surface area contributed by atoms with Crippen molar-refractivity contribution in [2.45, 2.75) is 39.5 Å². The maximum Gasteiger partial charge on any atom is 0.762 e. The molecule has 0 atom stereocenters. The Morgan fingerprint density at radius 3 is 1.82 bits per heavy atom. The van der Waals surface area contributed by atoms with Crippen molar-refractivity contribution in [2.75, 3.05) is 13.1 Å². The van der Waals surface area contributed by atoms with Crippen LogP contribution < -0.4 is 19.9 Å². The van der Waals surface area contributed by atoms with E-state index in [2.05, 4.69) is 103 Å². The van der Waals surface area contributed by atoms with E-state index in [1.165, 1.54) is 82.7 Å². The molecule has 40 heavy (non-hydrogen) atoms. The minimum absolute atomic E-state index is 0. The van der Waals surface area contributed by atoms with Gasteiger partial charge in [-0.25, -0.2) is 4.58 Å². The lowest BCUT2D eigenvalue weighted by atomic mass is 9.95. The first-order valence-corrected chi connectivity index (χ1v) is 13.5. The summed E-state index contributed by atoms with van der Waals surface area (Å²) < 4.78 is 38.0. The van der Waals surface area contributed by atoms with Crippen molar-refractivity contribution < 1.29 is 22.4 Å². The molecule has 0 bridgehead atoms. The van der Waals surface area contributed by atoms with Crippen LogP contribution in [-0.4, -0.2) is 20.6 Å². The minimum Gasteiger partial charge on any atom is -1.00 e. The second-order valence-corrected chi connectivity index (χ2v) is 10.3. The molecular formula is C33H32BF4NO. The fourth-order valence-corrected chi connectivity index (χ4v) is 5.48. The lowest BCUT2D eigenvalue weighted by Crippen LogP contribution is -3.00. The Hall–Kier alpha value is -3.87. The molecule has 3 aliphatic heterocycles. The van der Waals surface area contributed by atoms with E-state index in [1.807, 2.05) is 0 Å². The van der Waals surface area contributed by atoms with E-state index in [4.69, 9.17) is 4.74 Å². The van der Waals surface area contributed by atoms with Crippen molar-refractivity contribution in [1.82, 2.24) is 4.58 Å². The maximum absolute atomic E-state index is 9.67. The smallest absolute Gasteiger partial charge is 0.762 e. The van der Waals surface area contributed by atoms with Gasteiger partial charge in [0.05, 0.1) is 0 Å². The number of allylic oxidation sites excluding steroid dienone is 4. The SMILES string of the molecule is Cc1ccc(C2=CC(=CC=c3cc4c5c(c3)CCC[N+]=5CCC4)OC(c3ccc(C)cc3)=C2)cc1.FB(F)F.[F-]. The van der Waals surface area contributed by atoms with Crippen LogP contribution in [0.15, 0.2) is 84.7 Å². The third-order valence-electron chi connectivity index (χ3n) is 7.33. The first-order valence-electron chi connectivity index (χ1n) is 13.5. The molecule has 3 aromatic rings. The van der Waals surface area contributed by atoms with E-state index in [0.29, 0.717) is 0 Å². The number of benzene rings is 3. The number of aryl methyl sites for hydroxylation is 4. The van der Waals surface area contributed by atoms with Gasteiger partial charge in [-0.15, -0.1) is 0 Å². The fraction of sp³-hybridized carbons (Fsp3) is 0.242. The molecule has 0 saturated carbocycles. The lowest BCUT2D eigenvalue weighted by molar-refractivity contribution is -0.0000112. The van der Waals surface area contributed by atoms with Crippen molar-refractivity contribution in [2.24, 2.45) is 0 Å². The van der Waals surface area contributed by atoms with E-state index in [1.54, 1.807) is 0 Å². The summed E-state index contributed by atoms with van der Waals surface area (Å²) in [4.78, 5) is 0. The van der Waals surface area contributed by atoms with Gasteiger partial charge in [0.1, 0.15) is 24.6 Å². The number of hydrogen-bond donors (Lipinski definition) is 0. The molecule has 0 saturated heterocycles. The van der Waals surface area contributed by atoms with Gasteiger partial charge in [-0.05, 0) is 73.4 Å². The summed E-state index contributed by atoms with van der Waals surface area (Å²) in [5.74, 6) is 1.76. The molecule has 0 aliphatic carbocycles. The third-order valence-corrected chi connectivity index (χ3v) is 7.33. The molecule has 2 nitrogen and oxygen atoms in total. The normalized spacial score (nSPS) is 16.3. The highest BCUT2D eigenvalue weighted by atomic mass is 19.4. The number of ether oxygens (including phenoxy) is 1. The van der Waals surface area contributed by atoms with Gasteiger partial charge in [0.2, 0.25) is 5.36 Å². The monoisotopic (exact) mass is 545 g/mol. The Morgan fingerprint density at radius 2 is 1.27 bits per heavy atom. The Kier molecular flexibility index (Phi) is 9.46. The van der Waals surface area contributed by atoms with Crippen LogP contribution in [0.25, 0.3) is 17.4 Å². The van der Waals surface area contributed by atoms with Crippen molar-refractivity contribution >= 4 is 25.0 Å². The minimum atomic E-state index is -3.67. The van der Waals surface area contributed by atoms with Crippen LogP contribution in [0.2, 0.25) is 0 Å². The number of halogens is 4. The molecule has 3 aromatic carbocycles.